The van der Waals surface area contributed by atoms with Gasteiger partial charge in [0.2, 0.25) is 0 Å². The molecule has 0 radical (unpaired) electrons. The van der Waals surface area contributed by atoms with E-state index in [-0.39, 0.29) is 12.3 Å². The fourth-order valence-corrected chi connectivity index (χ4v) is 2.61. The van der Waals surface area contributed by atoms with E-state index in [0.717, 1.165) is 16.3 Å². The van der Waals surface area contributed by atoms with Crippen molar-refractivity contribution in [3.8, 4) is 6.07 Å². The van der Waals surface area contributed by atoms with Crippen molar-refractivity contribution < 1.29 is 9.90 Å². The molecule has 0 aliphatic heterocycles. The highest BCUT2D eigenvalue weighted by atomic mass is 32.2. The number of hydrogen-bond acceptors (Lipinski definition) is 4. The van der Waals surface area contributed by atoms with Crippen LogP contribution >= 0.6 is 11.8 Å². The summed E-state index contributed by atoms with van der Waals surface area (Å²) in [4.78, 5) is 11.5. The lowest BCUT2D eigenvalue weighted by molar-refractivity contribution is -0.137. The molecule has 1 aromatic rings. The van der Waals surface area contributed by atoms with Crippen LogP contribution in [-0.4, -0.2) is 23.4 Å². The fraction of sp³-hybridized carbons (Fsp3) is 0.467. The van der Waals surface area contributed by atoms with Crippen molar-refractivity contribution >= 4 is 23.4 Å². The summed E-state index contributed by atoms with van der Waals surface area (Å²) >= 11 is 1.65. The zero-order valence-corrected chi connectivity index (χ0v) is 12.7. The Kier molecular flexibility index (Phi) is 6.96. The smallest absolute Gasteiger partial charge is 0.303 e. The predicted molar refractivity (Wildman–Crippen MR) is 82.1 cm³/mol. The van der Waals surface area contributed by atoms with E-state index in [1.54, 1.807) is 11.8 Å². The number of carboxylic acids is 1. The van der Waals surface area contributed by atoms with Crippen LogP contribution < -0.4 is 5.32 Å². The van der Waals surface area contributed by atoms with Crippen molar-refractivity contribution in [1.29, 1.82) is 5.26 Å². The number of aliphatic carboxylic acids is 1. The number of nitrogens with one attached hydrogen (secondary N) is 1. The van der Waals surface area contributed by atoms with Crippen LogP contribution in [0.4, 0.5) is 5.69 Å². The number of nitriles is 1. The number of benzene rings is 1. The Morgan fingerprint density at radius 1 is 1.55 bits per heavy atom. The lowest BCUT2D eigenvalue weighted by Gasteiger charge is -2.15. The summed E-state index contributed by atoms with van der Waals surface area (Å²) in [5, 5.41) is 21.2. The van der Waals surface area contributed by atoms with Gasteiger partial charge in [-0.2, -0.15) is 5.26 Å². The number of rotatable bonds is 8. The molecular formula is C15H20N2O2S. The van der Waals surface area contributed by atoms with Crippen LogP contribution in [-0.2, 0) is 4.79 Å². The highest BCUT2D eigenvalue weighted by Crippen LogP contribution is 2.28. The number of thioether (sulfide) groups is 1. The number of carboxylic acid groups (broad SMARTS) is 1. The third-order valence-electron chi connectivity index (χ3n) is 2.93. The first-order valence-corrected chi connectivity index (χ1v) is 7.68. The molecule has 0 saturated carbocycles. The van der Waals surface area contributed by atoms with Gasteiger partial charge in [0.05, 0.1) is 11.3 Å². The van der Waals surface area contributed by atoms with Crippen LogP contribution in [0, 0.1) is 17.2 Å². The first-order chi connectivity index (χ1) is 9.58. The van der Waals surface area contributed by atoms with Crippen LogP contribution in [0.25, 0.3) is 0 Å². The summed E-state index contributed by atoms with van der Waals surface area (Å²) in [5.41, 5.74) is 1.50. The number of anilines is 1. The molecule has 1 aromatic carbocycles. The van der Waals surface area contributed by atoms with Crippen LogP contribution in [0.15, 0.2) is 23.1 Å². The van der Waals surface area contributed by atoms with Gasteiger partial charge in [0.25, 0.3) is 0 Å². The van der Waals surface area contributed by atoms with E-state index in [4.69, 9.17) is 5.11 Å². The first kappa shape index (κ1) is 16.4. The molecule has 0 bridgehead atoms. The van der Waals surface area contributed by atoms with Crippen molar-refractivity contribution in [2.75, 3.05) is 17.6 Å². The molecule has 0 heterocycles. The van der Waals surface area contributed by atoms with Crippen LogP contribution in [0.1, 0.15) is 32.3 Å². The summed E-state index contributed by atoms with van der Waals surface area (Å²) in [6, 6.07) is 8.02. The van der Waals surface area contributed by atoms with E-state index in [9.17, 15) is 10.1 Å². The highest BCUT2D eigenvalue weighted by Gasteiger charge is 2.10. The van der Waals surface area contributed by atoms with Crippen LogP contribution in [0.5, 0.6) is 0 Å². The number of nitrogens with zero attached hydrogens (tertiary/aromatic N) is 1. The monoisotopic (exact) mass is 292 g/mol. The van der Waals surface area contributed by atoms with Gasteiger partial charge >= 0.3 is 5.97 Å². The highest BCUT2D eigenvalue weighted by molar-refractivity contribution is 7.99. The summed E-state index contributed by atoms with van der Waals surface area (Å²) < 4.78 is 0. The molecule has 20 heavy (non-hydrogen) atoms. The topological polar surface area (TPSA) is 73.1 Å². The molecule has 1 rings (SSSR count). The van der Waals surface area contributed by atoms with Gasteiger partial charge in [0, 0.05) is 17.9 Å². The molecule has 1 unspecified atom stereocenters. The largest absolute Gasteiger partial charge is 0.481 e. The Hall–Kier alpha value is -1.67. The quantitative estimate of drug-likeness (QED) is 0.716. The van der Waals surface area contributed by atoms with Gasteiger partial charge in [-0.25, -0.2) is 0 Å². The summed E-state index contributed by atoms with van der Waals surface area (Å²) in [7, 11) is 0. The molecule has 5 heteroatoms. The van der Waals surface area contributed by atoms with Gasteiger partial charge in [-0.3, -0.25) is 4.79 Å². The molecule has 0 fully saturated rings. The van der Waals surface area contributed by atoms with Crippen molar-refractivity contribution in [3.05, 3.63) is 23.8 Å². The van der Waals surface area contributed by atoms with Crippen molar-refractivity contribution in [3.63, 3.8) is 0 Å². The van der Waals surface area contributed by atoms with Crippen LogP contribution in [0.2, 0.25) is 0 Å². The normalized spacial score (nSPS) is 11.7. The first-order valence-electron chi connectivity index (χ1n) is 6.70. The molecule has 4 nitrogen and oxygen atoms in total. The maximum absolute atomic E-state index is 10.5. The molecule has 0 aromatic heterocycles. The number of hydrogen-bond donors (Lipinski definition) is 2. The van der Waals surface area contributed by atoms with Crippen LogP contribution in [0.3, 0.4) is 0 Å². The van der Waals surface area contributed by atoms with Crippen molar-refractivity contribution in [1.82, 2.24) is 0 Å². The SMILES string of the molecule is CCSc1cccc(NCC(C)CCC(=O)O)c1C#N. The van der Waals surface area contributed by atoms with E-state index in [2.05, 4.69) is 18.3 Å². The maximum Gasteiger partial charge on any atom is 0.303 e. The molecule has 0 aliphatic rings. The van der Waals surface area contributed by atoms with E-state index < -0.39 is 5.97 Å². The number of carbonyl (C=O) groups is 1. The summed E-state index contributed by atoms with van der Waals surface area (Å²) in [6.45, 7) is 4.73. The van der Waals surface area contributed by atoms with E-state index >= 15 is 0 Å². The fourth-order valence-electron chi connectivity index (χ4n) is 1.83. The van der Waals surface area contributed by atoms with Crippen molar-refractivity contribution in [2.45, 2.75) is 31.6 Å². The molecule has 108 valence electrons. The average molecular weight is 292 g/mol. The Morgan fingerprint density at radius 3 is 2.90 bits per heavy atom. The van der Waals surface area contributed by atoms with Gasteiger partial charge in [0.1, 0.15) is 6.07 Å². The predicted octanol–water partition coefficient (Wildman–Crippen LogP) is 3.58. The van der Waals surface area contributed by atoms with Gasteiger partial charge in [-0.05, 0) is 30.2 Å². The lowest BCUT2D eigenvalue weighted by atomic mass is 10.1. The molecule has 1 atom stereocenters. The molecule has 0 spiro atoms. The Labute approximate surface area is 124 Å². The zero-order valence-electron chi connectivity index (χ0n) is 11.8. The molecular weight excluding hydrogens is 272 g/mol. The van der Waals surface area contributed by atoms with Gasteiger partial charge in [-0.15, -0.1) is 11.8 Å². The van der Waals surface area contributed by atoms with E-state index in [1.165, 1.54) is 0 Å². The summed E-state index contributed by atoms with van der Waals surface area (Å²) in [5.74, 6) is 0.406. The van der Waals surface area contributed by atoms with Gasteiger partial charge < -0.3 is 10.4 Å². The third kappa shape index (κ3) is 5.14. The van der Waals surface area contributed by atoms with Crippen molar-refractivity contribution in [2.24, 2.45) is 5.92 Å². The second-order valence-electron chi connectivity index (χ2n) is 4.64. The average Bonchev–Trinajstić information content (AvgIpc) is 2.43. The molecule has 2 N–H and O–H groups in total. The lowest BCUT2D eigenvalue weighted by Crippen LogP contribution is -2.13. The molecule has 0 saturated heterocycles. The third-order valence-corrected chi connectivity index (χ3v) is 3.87. The maximum atomic E-state index is 10.5. The second kappa shape index (κ2) is 8.49. The minimum atomic E-state index is -0.768. The zero-order chi connectivity index (χ0) is 15.0. The Bertz CT molecular complexity index is 497. The Morgan fingerprint density at radius 2 is 2.30 bits per heavy atom. The standard InChI is InChI=1S/C15H20N2O2S/c1-3-20-14-6-4-5-13(12(14)9-16)17-10-11(2)7-8-15(18)19/h4-6,11,17H,3,7-8,10H2,1-2H3,(H,18,19). The van der Waals surface area contributed by atoms with Gasteiger partial charge in [0.15, 0.2) is 0 Å². The Balaban J connectivity index is 2.66. The minimum Gasteiger partial charge on any atom is -0.481 e. The van der Waals surface area contributed by atoms with E-state index in [1.807, 2.05) is 25.1 Å². The molecule has 0 aliphatic carbocycles. The summed E-state index contributed by atoms with van der Waals surface area (Å²) in [6.07, 6.45) is 0.813. The van der Waals surface area contributed by atoms with E-state index in [0.29, 0.717) is 18.5 Å². The van der Waals surface area contributed by atoms with Gasteiger partial charge in [-0.1, -0.05) is 19.9 Å². The minimum absolute atomic E-state index is 0.180. The molecule has 0 amide bonds. The second-order valence-corrected chi connectivity index (χ2v) is 5.95.